The smallest absolute Gasteiger partial charge is 0.161 e. The molecular formula is C9H10BN. The summed E-state index contributed by atoms with van der Waals surface area (Å²) < 4.78 is 0. The van der Waals surface area contributed by atoms with Gasteiger partial charge in [0.05, 0.1) is 0 Å². The van der Waals surface area contributed by atoms with E-state index in [1.807, 2.05) is 0 Å². The molecule has 1 nitrogen and oxygen atoms in total. The summed E-state index contributed by atoms with van der Waals surface area (Å²) in [7, 11) is 2.11. The van der Waals surface area contributed by atoms with Crippen molar-refractivity contribution in [3.05, 3.63) is 29.8 Å². The van der Waals surface area contributed by atoms with E-state index in [1.54, 1.807) is 0 Å². The molecule has 2 rings (SSSR count). The fourth-order valence-corrected chi connectivity index (χ4v) is 1.42. The van der Waals surface area contributed by atoms with Crippen molar-refractivity contribution in [2.45, 2.75) is 6.92 Å². The lowest BCUT2D eigenvalue weighted by Crippen LogP contribution is -2.04. The lowest BCUT2D eigenvalue weighted by atomic mass is 9.99. The van der Waals surface area contributed by atoms with Gasteiger partial charge in [-0.3, -0.25) is 0 Å². The molecule has 0 saturated carbocycles. The van der Waals surface area contributed by atoms with Crippen molar-refractivity contribution in [2.75, 3.05) is 0 Å². The molecule has 0 spiro atoms. The zero-order chi connectivity index (χ0) is 7.84. The second-order valence-electron chi connectivity index (χ2n) is 2.92. The monoisotopic (exact) mass is 143 g/mol. The van der Waals surface area contributed by atoms with E-state index in [-0.39, 0.29) is 0 Å². The Kier molecular flexibility index (Phi) is 1.28. The number of aromatic amines is 1. The Labute approximate surface area is 66.8 Å². The molecule has 0 aliphatic rings. The maximum atomic E-state index is 3.33. The maximum absolute atomic E-state index is 3.33. The summed E-state index contributed by atoms with van der Waals surface area (Å²) in [5.74, 6) is 0. The molecule has 1 heterocycles. The Hall–Kier alpha value is -1.18. The van der Waals surface area contributed by atoms with Crippen molar-refractivity contribution < 1.29 is 0 Å². The van der Waals surface area contributed by atoms with Crippen LogP contribution >= 0.6 is 0 Å². The Morgan fingerprint density at radius 3 is 2.73 bits per heavy atom. The highest BCUT2D eigenvalue weighted by molar-refractivity contribution is 6.33. The molecule has 0 unspecified atom stereocenters. The molecule has 2 heteroatoms. The van der Waals surface area contributed by atoms with Crippen LogP contribution in [0.4, 0.5) is 0 Å². The van der Waals surface area contributed by atoms with Gasteiger partial charge < -0.3 is 4.98 Å². The van der Waals surface area contributed by atoms with Gasteiger partial charge in [0.1, 0.15) is 0 Å². The number of rotatable bonds is 0. The van der Waals surface area contributed by atoms with Crippen LogP contribution in [-0.2, 0) is 0 Å². The van der Waals surface area contributed by atoms with Crippen LogP contribution in [0.5, 0.6) is 0 Å². The highest BCUT2D eigenvalue weighted by Gasteiger charge is 2.00. The Bertz CT molecular complexity index is 389. The number of para-hydroxylation sites is 1. The van der Waals surface area contributed by atoms with Crippen molar-refractivity contribution in [2.24, 2.45) is 0 Å². The van der Waals surface area contributed by atoms with Crippen LogP contribution in [0.3, 0.4) is 0 Å². The Morgan fingerprint density at radius 1 is 1.27 bits per heavy atom. The molecule has 0 bridgehead atoms. The van der Waals surface area contributed by atoms with Crippen LogP contribution in [0.25, 0.3) is 10.9 Å². The first kappa shape index (κ1) is 6.53. The second kappa shape index (κ2) is 2.16. The first-order chi connectivity index (χ1) is 5.29. The number of aromatic nitrogens is 1. The van der Waals surface area contributed by atoms with Gasteiger partial charge >= 0.3 is 0 Å². The molecule has 2 aromatic rings. The van der Waals surface area contributed by atoms with Gasteiger partial charge in [0.15, 0.2) is 7.85 Å². The number of fused-ring (bicyclic) bond motifs is 1. The fourth-order valence-electron chi connectivity index (χ4n) is 1.42. The van der Waals surface area contributed by atoms with E-state index in [9.17, 15) is 0 Å². The molecule has 0 aliphatic heterocycles. The van der Waals surface area contributed by atoms with Crippen LogP contribution < -0.4 is 5.59 Å². The zero-order valence-electron chi connectivity index (χ0n) is 6.81. The van der Waals surface area contributed by atoms with Crippen molar-refractivity contribution in [1.82, 2.24) is 4.98 Å². The average Bonchev–Trinajstić information content (AvgIpc) is 2.30. The van der Waals surface area contributed by atoms with Gasteiger partial charge in [0.25, 0.3) is 0 Å². The molecule has 0 aliphatic carbocycles. The van der Waals surface area contributed by atoms with Crippen molar-refractivity contribution in [1.29, 1.82) is 0 Å². The van der Waals surface area contributed by atoms with Gasteiger partial charge in [0.2, 0.25) is 0 Å². The number of aryl methyl sites for hydroxylation is 1. The third kappa shape index (κ3) is 0.863. The molecule has 0 amide bonds. The number of nitrogens with one attached hydrogen (secondary N) is 1. The fraction of sp³-hybridized carbons (Fsp3) is 0.111. The minimum atomic E-state index is 1.24. The third-order valence-electron chi connectivity index (χ3n) is 2.22. The van der Waals surface area contributed by atoms with Crippen molar-refractivity contribution in [3.8, 4) is 0 Å². The first-order valence-corrected chi connectivity index (χ1v) is 3.83. The third-order valence-corrected chi connectivity index (χ3v) is 2.22. The first-order valence-electron chi connectivity index (χ1n) is 3.83. The van der Waals surface area contributed by atoms with E-state index in [1.165, 1.54) is 22.1 Å². The minimum Gasteiger partial charge on any atom is -0.367 e. The number of benzene rings is 1. The number of hydrogen-bond donors (Lipinski definition) is 1. The number of H-pyrrole nitrogens is 1. The van der Waals surface area contributed by atoms with Gasteiger partial charge in [-0.15, -0.1) is 0 Å². The van der Waals surface area contributed by atoms with Crippen LogP contribution in [0, 0.1) is 6.92 Å². The van der Waals surface area contributed by atoms with E-state index < -0.39 is 0 Å². The molecule has 0 fully saturated rings. The molecule has 11 heavy (non-hydrogen) atoms. The van der Waals surface area contributed by atoms with E-state index in [0.717, 1.165) is 0 Å². The van der Waals surface area contributed by atoms with Gasteiger partial charge in [-0.05, 0) is 24.1 Å². The van der Waals surface area contributed by atoms with Crippen LogP contribution in [0.2, 0.25) is 0 Å². The summed E-state index contributed by atoms with van der Waals surface area (Å²) in [6.45, 7) is 2.15. The summed E-state index contributed by atoms with van der Waals surface area (Å²) in [4.78, 5) is 3.33. The average molecular weight is 143 g/mol. The van der Waals surface area contributed by atoms with Crippen molar-refractivity contribution >= 4 is 24.3 Å². The molecule has 0 atom stereocenters. The lowest BCUT2D eigenvalue weighted by molar-refractivity contribution is 1.50. The predicted molar refractivity (Wildman–Crippen MR) is 51.2 cm³/mol. The largest absolute Gasteiger partial charge is 0.367 e. The van der Waals surface area contributed by atoms with Gasteiger partial charge in [-0.1, -0.05) is 18.2 Å². The van der Waals surface area contributed by atoms with E-state index >= 15 is 0 Å². The van der Waals surface area contributed by atoms with Gasteiger partial charge in [-0.2, -0.15) is 0 Å². The van der Waals surface area contributed by atoms with Crippen LogP contribution in [-0.4, -0.2) is 12.8 Å². The number of hydrogen-bond acceptors (Lipinski definition) is 0. The lowest BCUT2D eigenvalue weighted by Gasteiger charge is -1.88. The Morgan fingerprint density at radius 2 is 2.00 bits per heavy atom. The topological polar surface area (TPSA) is 15.8 Å². The van der Waals surface area contributed by atoms with Crippen LogP contribution in [0.15, 0.2) is 24.3 Å². The standard InChI is InChI=1S/C9H10BN/c1-6-7-4-2-3-5-8(7)11-9(6)10/h2-5,11H,10H2,1H3. The predicted octanol–water partition coefficient (Wildman–Crippen LogP) is 0.735. The normalized spacial score (nSPS) is 10.6. The molecule has 1 aromatic heterocycles. The molecule has 54 valence electrons. The maximum Gasteiger partial charge on any atom is 0.161 e. The summed E-state index contributed by atoms with van der Waals surface area (Å²) >= 11 is 0. The quantitative estimate of drug-likeness (QED) is 0.523. The summed E-state index contributed by atoms with van der Waals surface area (Å²) in [5, 5.41) is 1.34. The van der Waals surface area contributed by atoms with Gasteiger partial charge in [0, 0.05) is 10.9 Å². The molecule has 0 saturated heterocycles. The summed E-state index contributed by atoms with van der Waals surface area (Å²) in [6.07, 6.45) is 0. The second-order valence-corrected chi connectivity index (χ2v) is 2.92. The molecule has 0 radical (unpaired) electrons. The van der Waals surface area contributed by atoms with E-state index in [4.69, 9.17) is 0 Å². The molecule has 1 aromatic carbocycles. The molecule has 1 N–H and O–H groups in total. The zero-order valence-corrected chi connectivity index (χ0v) is 6.81. The molecular weight excluding hydrogens is 133 g/mol. The highest BCUT2D eigenvalue weighted by Crippen LogP contribution is 2.13. The van der Waals surface area contributed by atoms with Crippen LogP contribution in [0.1, 0.15) is 5.56 Å². The SMILES string of the molecule is Bc1[nH]c2ccccc2c1C. The minimum absolute atomic E-state index is 1.24. The van der Waals surface area contributed by atoms with E-state index in [0.29, 0.717) is 0 Å². The Balaban J connectivity index is 2.92. The highest BCUT2D eigenvalue weighted by atomic mass is 14.7. The van der Waals surface area contributed by atoms with E-state index in [2.05, 4.69) is 44.0 Å². The summed E-state index contributed by atoms with van der Waals surface area (Å²) in [5.41, 5.74) is 3.87. The van der Waals surface area contributed by atoms with Gasteiger partial charge in [-0.25, -0.2) is 0 Å². The summed E-state index contributed by atoms with van der Waals surface area (Å²) in [6, 6.07) is 8.38. The van der Waals surface area contributed by atoms with Crippen molar-refractivity contribution in [3.63, 3.8) is 0 Å².